The standard InChI is InChI=1S/C23H23N5/c1-28(2)19-9-7-16(8-10-19)20-13-18-14-25-12-11-22(18)27-23(20)26-15-17-5-3-4-6-21(17)24/h3-14H,15,24H2,1-2H3,(H,26,27). The van der Waals surface area contributed by atoms with Gasteiger partial charge in [0.2, 0.25) is 0 Å². The number of hydrogen-bond acceptors (Lipinski definition) is 5. The number of aromatic nitrogens is 2. The third-order valence-corrected chi connectivity index (χ3v) is 4.81. The van der Waals surface area contributed by atoms with E-state index in [9.17, 15) is 0 Å². The first-order valence-electron chi connectivity index (χ1n) is 9.21. The van der Waals surface area contributed by atoms with Gasteiger partial charge in [0.05, 0.1) is 5.52 Å². The van der Waals surface area contributed by atoms with Crippen LogP contribution < -0.4 is 16.0 Å². The largest absolute Gasteiger partial charge is 0.398 e. The number of nitrogens with one attached hydrogen (secondary N) is 1. The van der Waals surface area contributed by atoms with E-state index in [0.29, 0.717) is 6.54 Å². The van der Waals surface area contributed by atoms with Crippen molar-refractivity contribution in [2.24, 2.45) is 0 Å². The number of pyridine rings is 2. The maximum atomic E-state index is 6.10. The molecule has 0 spiro atoms. The highest BCUT2D eigenvalue weighted by Gasteiger charge is 2.10. The fourth-order valence-corrected chi connectivity index (χ4v) is 3.18. The van der Waals surface area contributed by atoms with Crippen LogP contribution in [0.15, 0.2) is 73.1 Å². The molecule has 0 bridgehead atoms. The van der Waals surface area contributed by atoms with Gasteiger partial charge in [0, 0.05) is 55.4 Å². The lowest BCUT2D eigenvalue weighted by molar-refractivity contribution is 1.12. The van der Waals surface area contributed by atoms with Crippen molar-refractivity contribution in [2.45, 2.75) is 6.54 Å². The van der Waals surface area contributed by atoms with Gasteiger partial charge < -0.3 is 16.0 Å². The van der Waals surface area contributed by atoms with E-state index in [1.807, 2.05) is 50.6 Å². The number of nitrogen functional groups attached to an aromatic ring is 1. The molecule has 0 radical (unpaired) electrons. The molecule has 4 rings (SSSR count). The first-order chi connectivity index (χ1) is 13.6. The summed E-state index contributed by atoms with van der Waals surface area (Å²) in [6.07, 6.45) is 3.61. The molecule has 0 aliphatic rings. The van der Waals surface area contributed by atoms with Gasteiger partial charge in [0.25, 0.3) is 0 Å². The summed E-state index contributed by atoms with van der Waals surface area (Å²) in [5.74, 6) is 0.833. The van der Waals surface area contributed by atoms with Crippen molar-refractivity contribution >= 4 is 28.1 Å². The number of hydrogen-bond donors (Lipinski definition) is 2. The maximum absolute atomic E-state index is 6.10. The lowest BCUT2D eigenvalue weighted by Gasteiger charge is -2.16. The molecule has 0 amide bonds. The average Bonchev–Trinajstić information content (AvgIpc) is 2.72. The van der Waals surface area contributed by atoms with E-state index >= 15 is 0 Å². The summed E-state index contributed by atoms with van der Waals surface area (Å²) in [7, 11) is 4.07. The average molecular weight is 369 g/mol. The lowest BCUT2D eigenvalue weighted by atomic mass is 10.0. The zero-order valence-corrected chi connectivity index (χ0v) is 16.1. The Hall–Kier alpha value is -3.60. The van der Waals surface area contributed by atoms with Crippen molar-refractivity contribution in [3.8, 4) is 11.1 Å². The van der Waals surface area contributed by atoms with Crippen LogP contribution in [0.4, 0.5) is 17.2 Å². The number of anilines is 3. The number of nitrogens with two attached hydrogens (primary N) is 1. The molecular weight excluding hydrogens is 346 g/mol. The van der Waals surface area contributed by atoms with Crippen LogP contribution in [0.25, 0.3) is 22.0 Å². The SMILES string of the molecule is CN(C)c1ccc(-c2cc3cnccc3nc2NCc2ccccc2N)cc1. The van der Waals surface area contributed by atoms with Gasteiger partial charge in [-0.1, -0.05) is 30.3 Å². The molecule has 2 aromatic heterocycles. The van der Waals surface area contributed by atoms with Crippen LogP contribution >= 0.6 is 0 Å². The van der Waals surface area contributed by atoms with Crippen LogP contribution in [0.2, 0.25) is 0 Å². The second-order valence-electron chi connectivity index (χ2n) is 6.95. The van der Waals surface area contributed by atoms with Crippen LogP contribution in [0.5, 0.6) is 0 Å². The molecule has 0 saturated carbocycles. The second-order valence-corrected chi connectivity index (χ2v) is 6.95. The third kappa shape index (κ3) is 3.60. The Balaban J connectivity index is 1.75. The first kappa shape index (κ1) is 17.8. The van der Waals surface area contributed by atoms with Crippen molar-refractivity contribution in [2.75, 3.05) is 30.0 Å². The molecule has 0 aliphatic heterocycles. The molecule has 5 heteroatoms. The topological polar surface area (TPSA) is 67.1 Å². The number of benzene rings is 2. The highest BCUT2D eigenvalue weighted by atomic mass is 15.1. The van der Waals surface area contributed by atoms with Gasteiger partial charge in [0.1, 0.15) is 5.82 Å². The number of nitrogens with zero attached hydrogens (tertiary/aromatic N) is 3. The predicted octanol–water partition coefficient (Wildman–Crippen LogP) is 4.56. The second kappa shape index (κ2) is 7.56. The van der Waals surface area contributed by atoms with E-state index in [4.69, 9.17) is 10.7 Å². The Labute approximate surface area is 164 Å². The zero-order chi connectivity index (χ0) is 19.5. The minimum Gasteiger partial charge on any atom is -0.398 e. The predicted molar refractivity (Wildman–Crippen MR) is 117 cm³/mol. The Morgan fingerprint density at radius 2 is 1.79 bits per heavy atom. The van der Waals surface area contributed by atoms with Gasteiger partial charge in [-0.15, -0.1) is 0 Å². The van der Waals surface area contributed by atoms with Gasteiger partial charge in [0.15, 0.2) is 0 Å². The third-order valence-electron chi connectivity index (χ3n) is 4.81. The van der Waals surface area contributed by atoms with Crippen LogP contribution in [-0.4, -0.2) is 24.1 Å². The van der Waals surface area contributed by atoms with E-state index < -0.39 is 0 Å². The van der Waals surface area contributed by atoms with Gasteiger partial charge in [-0.2, -0.15) is 0 Å². The van der Waals surface area contributed by atoms with Crippen molar-refractivity contribution in [3.63, 3.8) is 0 Å². The minimum absolute atomic E-state index is 0.610. The van der Waals surface area contributed by atoms with E-state index in [-0.39, 0.29) is 0 Å². The summed E-state index contributed by atoms with van der Waals surface area (Å²) in [6.45, 7) is 0.610. The smallest absolute Gasteiger partial charge is 0.134 e. The molecule has 2 heterocycles. The Kier molecular flexibility index (Phi) is 4.81. The maximum Gasteiger partial charge on any atom is 0.134 e. The summed E-state index contributed by atoms with van der Waals surface area (Å²) in [5.41, 5.74) is 12.1. The Morgan fingerprint density at radius 3 is 2.54 bits per heavy atom. The molecule has 4 aromatic rings. The molecule has 0 unspecified atom stereocenters. The summed E-state index contributed by atoms with van der Waals surface area (Å²) in [6, 6.07) is 20.4. The van der Waals surface area contributed by atoms with Crippen molar-refractivity contribution in [3.05, 3.63) is 78.6 Å². The zero-order valence-electron chi connectivity index (χ0n) is 16.1. The molecular formula is C23H23N5. The highest BCUT2D eigenvalue weighted by Crippen LogP contribution is 2.31. The molecule has 0 atom stereocenters. The van der Waals surface area contributed by atoms with E-state index in [1.54, 1.807) is 6.20 Å². The van der Waals surface area contributed by atoms with Crippen LogP contribution in [0.1, 0.15) is 5.56 Å². The molecule has 3 N–H and O–H groups in total. The molecule has 0 aliphatic carbocycles. The van der Waals surface area contributed by atoms with Gasteiger partial charge in [-0.05, 0) is 41.5 Å². The molecule has 0 fully saturated rings. The van der Waals surface area contributed by atoms with Gasteiger partial charge in [-0.25, -0.2) is 4.98 Å². The molecule has 0 saturated heterocycles. The Morgan fingerprint density at radius 1 is 1.00 bits per heavy atom. The van der Waals surface area contributed by atoms with E-state index in [1.165, 1.54) is 0 Å². The van der Waals surface area contributed by atoms with Crippen LogP contribution in [0, 0.1) is 0 Å². The molecule has 28 heavy (non-hydrogen) atoms. The normalized spacial score (nSPS) is 10.8. The van der Waals surface area contributed by atoms with Crippen molar-refractivity contribution < 1.29 is 0 Å². The summed E-state index contributed by atoms with van der Waals surface area (Å²) in [4.78, 5) is 11.2. The van der Waals surface area contributed by atoms with E-state index in [2.05, 4.69) is 45.5 Å². The number of rotatable bonds is 5. The van der Waals surface area contributed by atoms with E-state index in [0.717, 1.165) is 44.8 Å². The fourth-order valence-electron chi connectivity index (χ4n) is 3.18. The lowest BCUT2D eigenvalue weighted by Crippen LogP contribution is -2.08. The van der Waals surface area contributed by atoms with Crippen LogP contribution in [0.3, 0.4) is 0 Å². The van der Waals surface area contributed by atoms with Crippen molar-refractivity contribution in [1.29, 1.82) is 0 Å². The monoisotopic (exact) mass is 369 g/mol. The number of para-hydroxylation sites is 1. The Bertz CT molecular complexity index is 1100. The number of fused-ring (bicyclic) bond motifs is 1. The summed E-state index contributed by atoms with van der Waals surface area (Å²) < 4.78 is 0. The molecule has 140 valence electrons. The van der Waals surface area contributed by atoms with Gasteiger partial charge >= 0.3 is 0 Å². The summed E-state index contributed by atoms with van der Waals surface area (Å²) in [5, 5.41) is 4.49. The molecule has 2 aromatic carbocycles. The van der Waals surface area contributed by atoms with Crippen molar-refractivity contribution in [1.82, 2.24) is 9.97 Å². The quantitative estimate of drug-likeness (QED) is 0.505. The minimum atomic E-state index is 0.610. The molecule has 5 nitrogen and oxygen atoms in total. The highest BCUT2D eigenvalue weighted by molar-refractivity contribution is 5.89. The fraction of sp³-hybridized carbons (Fsp3) is 0.130. The summed E-state index contributed by atoms with van der Waals surface area (Å²) >= 11 is 0. The van der Waals surface area contributed by atoms with Gasteiger partial charge in [-0.3, -0.25) is 4.98 Å². The first-order valence-corrected chi connectivity index (χ1v) is 9.21. The van der Waals surface area contributed by atoms with Crippen LogP contribution in [-0.2, 0) is 6.54 Å².